The van der Waals surface area contributed by atoms with Crippen molar-refractivity contribution in [3.05, 3.63) is 120 Å². The number of esters is 1. The fourth-order valence-corrected chi connectivity index (χ4v) is 5.43. The van der Waals surface area contributed by atoms with Crippen molar-refractivity contribution < 1.29 is 23.8 Å². The number of benzene rings is 4. The quantitative estimate of drug-likeness (QED) is 0.233. The minimum atomic E-state index is -0.399. The zero-order valence-corrected chi connectivity index (χ0v) is 21.5. The van der Waals surface area contributed by atoms with Crippen molar-refractivity contribution in [3.8, 4) is 22.6 Å². The first-order chi connectivity index (χ1) is 19.0. The lowest BCUT2D eigenvalue weighted by Gasteiger charge is -2.33. The van der Waals surface area contributed by atoms with Gasteiger partial charge in [0.25, 0.3) is 0 Å². The number of methoxy groups -OCH3 is 1. The molecule has 1 aromatic heterocycles. The molecule has 0 unspecified atom stereocenters. The molecule has 1 saturated carbocycles. The van der Waals surface area contributed by atoms with Crippen LogP contribution in [-0.4, -0.2) is 28.9 Å². The average Bonchev–Trinajstić information content (AvgIpc) is 3.30. The Morgan fingerprint density at radius 1 is 0.923 bits per heavy atom. The summed E-state index contributed by atoms with van der Waals surface area (Å²) in [5.74, 6) is 0.117. The highest BCUT2D eigenvalue weighted by Crippen LogP contribution is 2.49. The van der Waals surface area contributed by atoms with Crippen LogP contribution in [0.25, 0.3) is 27.7 Å². The summed E-state index contributed by atoms with van der Waals surface area (Å²) in [5.41, 5.74) is 6.20. The molecule has 196 valence electrons. The van der Waals surface area contributed by atoms with Gasteiger partial charge >= 0.3 is 5.97 Å². The highest BCUT2D eigenvalue weighted by Gasteiger charge is 2.35. The summed E-state index contributed by atoms with van der Waals surface area (Å²) < 4.78 is 27.4. The number of halogens is 1. The van der Waals surface area contributed by atoms with Crippen molar-refractivity contribution in [2.45, 2.75) is 31.5 Å². The second-order valence-corrected chi connectivity index (χ2v) is 9.89. The molecular weight excluding hydrogens is 493 g/mol. The summed E-state index contributed by atoms with van der Waals surface area (Å²) in [6.07, 6.45) is 0.897. The van der Waals surface area contributed by atoms with E-state index in [4.69, 9.17) is 9.47 Å². The smallest absolute Gasteiger partial charge is 0.337 e. The molecular formula is C33H28FNO4. The molecule has 1 aliphatic carbocycles. The Labute approximate surface area is 226 Å². The number of ether oxygens (including phenoxy) is 2. The van der Waals surface area contributed by atoms with Crippen LogP contribution in [0.5, 0.6) is 5.75 Å². The first kappa shape index (κ1) is 24.9. The van der Waals surface area contributed by atoms with Crippen LogP contribution >= 0.6 is 0 Å². The maximum atomic E-state index is 13.9. The van der Waals surface area contributed by atoms with E-state index in [1.54, 1.807) is 24.3 Å². The molecule has 0 aliphatic heterocycles. The largest absolute Gasteiger partial charge is 0.488 e. The molecule has 0 spiro atoms. The van der Waals surface area contributed by atoms with Crippen LogP contribution in [-0.2, 0) is 11.3 Å². The maximum Gasteiger partial charge on any atom is 0.337 e. The number of fused-ring (bicyclic) bond motifs is 1. The van der Waals surface area contributed by atoms with Crippen molar-refractivity contribution in [2.75, 3.05) is 7.11 Å². The summed E-state index contributed by atoms with van der Waals surface area (Å²) in [4.78, 5) is 12.1. The lowest BCUT2D eigenvalue weighted by Crippen LogP contribution is -2.28. The van der Waals surface area contributed by atoms with Crippen LogP contribution < -0.4 is 4.74 Å². The van der Waals surface area contributed by atoms with Crippen molar-refractivity contribution in [2.24, 2.45) is 0 Å². The van der Waals surface area contributed by atoms with Crippen LogP contribution in [0.2, 0.25) is 0 Å². The second-order valence-electron chi connectivity index (χ2n) is 9.89. The number of carbonyl (C=O) groups excluding carboxylic acids is 1. The predicted octanol–water partition coefficient (Wildman–Crippen LogP) is 7.04. The fraction of sp³-hybridized carbons (Fsp3) is 0.182. The average molecular weight is 522 g/mol. The van der Waals surface area contributed by atoms with E-state index < -0.39 is 5.97 Å². The van der Waals surface area contributed by atoms with Gasteiger partial charge in [-0.25, -0.2) is 9.18 Å². The minimum Gasteiger partial charge on any atom is -0.488 e. The van der Waals surface area contributed by atoms with Gasteiger partial charge in [-0.15, -0.1) is 0 Å². The Morgan fingerprint density at radius 2 is 1.64 bits per heavy atom. The maximum absolute atomic E-state index is 13.9. The molecule has 5 nitrogen and oxygen atoms in total. The Kier molecular flexibility index (Phi) is 6.63. The van der Waals surface area contributed by atoms with Crippen LogP contribution in [0, 0.1) is 5.82 Å². The van der Waals surface area contributed by atoms with Gasteiger partial charge in [0.05, 0.1) is 29.7 Å². The van der Waals surface area contributed by atoms with E-state index in [1.807, 2.05) is 60.7 Å². The van der Waals surface area contributed by atoms with E-state index in [2.05, 4.69) is 4.57 Å². The Balaban J connectivity index is 1.59. The van der Waals surface area contributed by atoms with Gasteiger partial charge in [-0.2, -0.15) is 0 Å². The lowest BCUT2D eigenvalue weighted by molar-refractivity contribution is 0.0600. The predicted molar refractivity (Wildman–Crippen MR) is 149 cm³/mol. The molecule has 1 heterocycles. The topological polar surface area (TPSA) is 60.7 Å². The minimum absolute atomic E-state index is 0.0923. The number of hydrogen-bond acceptors (Lipinski definition) is 4. The summed E-state index contributed by atoms with van der Waals surface area (Å²) in [7, 11) is 1.36. The molecule has 0 atom stereocenters. The van der Waals surface area contributed by atoms with E-state index in [9.17, 15) is 14.3 Å². The van der Waals surface area contributed by atoms with Gasteiger partial charge in [0.15, 0.2) is 0 Å². The van der Waals surface area contributed by atoms with Gasteiger partial charge in [0.1, 0.15) is 18.2 Å². The highest BCUT2D eigenvalue weighted by atomic mass is 19.1. The first-order valence-corrected chi connectivity index (χ1v) is 13.0. The number of aliphatic hydroxyl groups is 1. The number of aliphatic hydroxyl groups excluding tert-OH is 1. The van der Waals surface area contributed by atoms with Crippen molar-refractivity contribution >= 4 is 16.9 Å². The highest BCUT2D eigenvalue weighted by molar-refractivity contribution is 6.04. The molecule has 0 bridgehead atoms. The van der Waals surface area contributed by atoms with Gasteiger partial charge in [-0.3, -0.25) is 0 Å². The number of aromatic nitrogens is 1. The summed E-state index contributed by atoms with van der Waals surface area (Å²) in [6, 6.07) is 29.8. The van der Waals surface area contributed by atoms with Crippen LogP contribution in [0.1, 0.15) is 40.4 Å². The molecule has 6 rings (SSSR count). The van der Waals surface area contributed by atoms with Crippen molar-refractivity contribution in [1.29, 1.82) is 0 Å². The van der Waals surface area contributed by atoms with E-state index >= 15 is 0 Å². The molecule has 1 fully saturated rings. The zero-order valence-electron chi connectivity index (χ0n) is 21.5. The molecule has 4 aromatic carbocycles. The van der Waals surface area contributed by atoms with Gasteiger partial charge < -0.3 is 19.1 Å². The number of rotatable bonds is 7. The molecule has 0 saturated heterocycles. The summed E-state index contributed by atoms with van der Waals surface area (Å²) in [6.45, 7) is 0.403. The van der Waals surface area contributed by atoms with E-state index in [0.29, 0.717) is 25.0 Å². The number of hydrogen-bond donors (Lipinski definition) is 1. The van der Waals surface area contributed by atoms with Crippen molar-refractivity contribution in [3.63, 3.8) is 0 Å². The normalized spacial score (nSPS) is 16.6. The van der Waals surface area contributed by atoms with Gasteiger partial charge in [-0.05, 0) is 72.5 Å². The van der Waals surface area contributed by atoms with Gasteiger partial charge in [0, 0.05) is 22.9 Å². The molecule has 1 N–H and O–H groups in total. The molecule has 0 radical (unpaired) electrons. The number of nitrogens with zero attached hydrogens (tertiary/aromatic N) is 1. The monoisotopic (exact) mass is 521 g/mol. The molecule has 5 aromatic rings. The Bertz CT molecular complexity index is 1620. The van der Waals surface area contributed by atoms with Crippen molar-refractivity contribution in [1.82, 2.24) is 4.57 Å². The summed E-state index contributed by atoms with van der Waals surface area (Å²) in [5, 5.41) is 11.2. The second kappa shape index (κ2) is 10.4. The van der Waals surface area contributed by atoms with Crippen LogP contribution in [0.3, 0.4) is 0 Å². The first-order valence-electron chi connectivity index (χ1n) is 13.0. The fourth-order valence-electron chi connectivity index (χ4n) is 5.43. The third-order valence-corrected chi connectivity index (χ3v) is 7.41. The van der Waals surface area contributed by atoms with E-state index in [1.165, 1.54) is 19.2 Å². The SMILES string of the molecule is COC(=O)c1ccc(-c2c(C3CC(O)C3)n(-c3ccc(F)cc3)c3cccc(OCc4ccccc4)c23)cc1. The standard InChI is InChI=1S/C33H28FNO4/c1-38-33(37)23-12-10-22(11-13-23)30-31-28(8-5-9-29(31)39-20-21-6-3-2-4-7-21)35(26-16-14-25(34)15-17-26)32(30)24-18-27(36)19-24/h2-17,24,27,36H,18-20H2,1H3. The zero-order chi connectivity index (χ0) is 26.9. The molecule has 6 heteroatoms. The van der Waals surface area contributed by atoms with E-state index in [-0.39, 0.29) is 17.8 Å². The Hall–Kier alpha value is -4.42. The van der Waals surface area contributed by atoms with E-state index in [0.717, 1.165) is 44.7 Å². The Morgan fingerprint density at radius 3 is 2.31 bits per heavy atom. The van der Waals surface area contributed by atoms with Crippen LogP contribution in [0.15, 0.2) is 97.1 Å². The lowest BCUT2D eigenvalue weighted by atomic mass is 9.77. The third-order valence-electron chi connectivity index (χ3n) is 7.41. The third kappa shape index (κ3) is 4.68. The van der Waals surface area contributed by atoms with Crippen LogP contribution in [0.4, 0.5) is 4.39 Å². The molecule has 1 aliphatic rings. The van der Waals surface area contributed by atoms with Gasteiger partial charge in [-0.1, -0.05) is 48.5 Å². The number of carbonyl (C=O) groups is 1. The molecule has 39 heavy (non-hydrogen) atoms. The summed E-state index contributed by atoms with van der Waals surface area (Å²) >= 11 is 0. The van der Waals surface area contributed by atoms with Gasteiger partial charge in [0.2, 0.25) is 0 Å². The molecule has 0 amide bonds.